The van der Waals surface area contributed by atoms with E-state index in [-0.39, 0.29) is 0 Å². The molecule has 0 fully saturated rings. The van der Waals surface area contributed by atoms with Crippen LogP contribution in [0, 0.1) is 0 Å². The predicted molar refractivity (Wildman–Crippen MR) is 269 cm³/mol. The van der Waals surface area contributed by atoms with Crippen LogP contribution in [0.15, 0.2) is 121 Å². The Balaban J connectivity index is 1.67. The third-order valence-corrected chi connectivity index (χ3v) is 13.9. The first-order chi connectivity index (χ1) is 31.5. The number of hydrogen-bond acceptors (Lipinski definition) is 0. The van der Waals surface area contributed by atoms with Gasteiger partial charge in [-0.1, -0.05) is 177 Å². The van der Waals surface area contributed by atoms with Crippen molar-refractivity contribution < 1.29 is 0 Å². The Kier molecular flexibility index (Phi) is 12.2. The van der Waals surface area contributed by atoms with Gasteiger partial charge < -0.3 is 19.9 Å². The second kappa shape index (κ2) is 18.3. The highest BCUT2D eigenvalue weighted by atomic mass is 14.8. The van der Waals surface area contributed by atoms with E-state index in [4.69, 9.17) is 0 Å². The summed E-state index contributed by atoms with van der Waals surface area (Å²) < 4.78 is 0. The normalized spacial score (nSPS) is 16.1. The van der Waals surface area contributed by atoms with Crippen molar-refractivity contribution in [3.05, 3.63) is 232 Å². The first kappa shape index (κ1) is 42.8. The molecule has 4 aromatic heterocycles. The molecule has 324 valence electrons. The van der Waals surface area contributed by atoms with Crippen molar-refractivity contribution in [3.63, 3.8) is 0 Å². The van der Waals surface area contributed by atoms with E-state index in [9.17, 15) is 0 Å². The second-order valence-electron chi connectivity index (χ2n) is 17.1. The molecule has 0 aliphatic carbocycles. The zero-order valence-corrected chi connectivity index (χ0v) is 39.2. The van der Waals surface area contributed by atoms with E-state index in [1.54, 1.807) is 0 Å². The fraction of sp³-hybridized carbons (Fsp3) is 0.267. The van der Waals surface area contributed by atoms with E-state index in [0.717, 1.165) is 51.4 Å². The molecule has 4 nitrogen and oxygen atoms in total. The Bertz CT molecular complexity index is 2780. The Labute approximate surface area is 379 Å². The smallest absolute Gasteiger partial charge is 0.0521 e. The van der Waals surface area contributed by atoms with Gasteiger partial charge in [0.15, 0.2) is 0 Å². The quantitative estimate of drug-likeness (QED) is 0.0947. The zero-order valence-electron chi connectivity index (χ0n) is 39.2. The van der Waals surface area contributed by atoms with Crippen LogP contribution in [0.25, 0.3) is 22.3 Å². The summed E-state index contributed by atoms with van der Waals surface area (Å²) in [5, 5.41) is 4.81. The lowest BCUT2D eigenvalue weighted by Gasteiger charge is -2.11. The Morgan fingerprint density at radius 3 is 0.594 bits per heavy atom. The minimum Gasteiger partial charge on any atom is -0.354 e. The highest BCUT2D eigenvalue weighted by Crippen LogP contribution is 2.37. The van der Waals surface area contributed by atoms with Gasteiger partial charge in [0.05, 0.1) is 44.2 Å². The van der Waals surface area contributed by atoms with Crippen LogP contribution in [0.2, 0.25) is 0 Å². The molecule has 0 spiro atoms. The fourth-order valence-corrected chi connectivity index (χ4v) is 11.2. The molecule has 0 saturated carbocycles. The van der Waals surface area contributed by atoms with Gasteiger partial charge in [-0.2, -0.15) is 0 Å². The van der Waals surface area contributed by atoms with E-state index in [2.05, 4.69) is 197 Å². The summed E-state index contributed by atoms with van der Waals surface area (Å²) in [5.74, 6) is 0. The number of aromatic amines is 4. The van der Waals surface area contributed by atoms with E-state index >= 15 is 0 Å². The van der Waals surface area contributed by atoms with Gasteiger partial charge in [0.25, 0.3) is 0 Å². The second-order valence-corrected chi connectivity index (χ2v) is 17.1. The van der Waals surface area contributed by atoms with Crippen LogP contribution in [0.5, 0.6) is 0 Å². The Hall–Kier alpha value is -6.52. The Morgan fingerprint density at radius 2 is 0.422 bits per heavy atom. The maximum Gasteiger partial charge on any atom is 0.0521 e. The number of rotatable bonds is 12. The topological polar surface area (TPSA) is 63.2 Å². The third-order valence-electron chi connectivity index (χ3n) is 13.9. The number of aromatic nitrogens is 4. The van der Waals surface area contributed by atoms with Crippen LogP contribution in [0.3, 0.4) is 0 Å². The van der Waals surface area contributed by atoms with E-state index < -0.39 is 0 Å². The van der Waals surface area contributed by atoms with Gasteiger partial charge in [0, 0.05) is 22.3 Å². The SMILES string of the molecule is CCc1c2[nH]c(c1CC)/C(c1ccccc1)=c1\[nH]/c(c(CC)c1CC)=C(/c1ccccc1)c1[nH]c(c(CC)c1CC)/C(c1ccccc1)=c1\[nH]/c(c(CC)c1CC)=C\2c1ccccc1. The average molecular weight is 841 g/mol. The molecule has 0 amide bonds. The average Bonchev–Trinajstić information content (AvgIpc) is 4.10. The summed E-state index contributed by atoms with van der Waals surface area (Å²) >= 11 is 0. The van der Waals surface area contributed by atoms with Gasteiger partial charge in [-0.3, -0.25) is 0 Å². The molecule has 0 atom stereocenters. The number of hydrogen-bond donors (Lipinski definition) is 4. The van der Waals surface area contributed by atoms with Crippen molar-refractivity contribution in [2.45, 2.75) is 107 Å². The Morgan fingerprint density at radius 1 is 0.234 bits per heavy atom. The fourth-order valence-electron chi connectivity index (χ4n) is 11.2. The van der Waals surface area contributed by atoms with Crippen LogP contribution in [0.4, 0.5) is 0 Å². The summed E-state index contributed by atoms with van der Waals surface area (Å²) in [6.45, 7) is 18.7. The largest absolute Gasteiger partial charge is 0.354 e. The van der Waals surface area contributed by atoms with Gasteiger partial charge in [0.1, 0.15) is 0 Å². The van der Waals surface area contributed by atoms with Gasteiger partial charge in [-0.15, -0.1) is 0 Å². The number of H-pyrrole nitrogens is 4. The number of benzene rings is 4. The monoisotopic (exact) mass is 841 g/mol. The molecule has 1 aliphatic heterocycles. The molecular formula is C60H64N4. The molecule has 0 saturated heterocycles. The lowest BCUT2D eigenvalue weighted by atomic mass is 9.91. The lowest BCUT2D eigenvalue weighted by molar-refractivity contribution is 1.03. The molecule has 9 rings (SSSR count). The van der Waals surface area contributed by atoms with Crippen molar-refractivity contribution in [1.82, 2.24) is 19.9 Å². The van der Waals surface area contributed by atoms with Crippen LogP contribution in [-0.2, 0) is 51.4 Å². The van der Waals surface area contributed by atoms with Gasteiger partial charge in [-0.05, 0) is 118 Å². The summed E-state index contributed by atoms with van der Waals surface area (Å²) in [6, 6.07) is 44.5. The molecule has 0 radical (unpaired) electrons. The molecule has 5 heterocycles. The van der Waals surface area contributed by atoms with Gasteiger partial charge >= 0.3 is 0 Å². The van der Waals surface area contributed by atoms with Gasteiger partial charge in [0.2, 0.25) is 0 Å². The van der Waals surface area contributed by atoms with E-state index in [1.165, 1.54) is 133 Å². The molecule has 0 unspecified atom stereocenters. The zero-order chi connectivity index (χ0) is 44.5. The van der Waals surface area contributed by atoms with Crippen molar-refractivity contribution >= 4 is 22.3 Å². The minimum absolute atomic E-state index is 0.901. The van der Waals surface area contributed by atoms with Crippen LogP contribution >= 0.6 is 0 Å². The molecule has 4 N–H and O–H groups in total. The number of nitrogens with one attached hydrogen (secondary N) is 4. The third kappa shape index (κ3) is 6.99. The molecule has 8 aromatic rings. The number of fused-ring (bicyclic) bond motifs is 8. The maximum atomic E-state index is 4.30. The molecule has 4 aromatic carbocycles. The standard InChI is InChI=1S/C60H64N4/c1-9-41-42(10-2)54-50(38-31-23-18-24-32-38)56-45(13-5)46(14-6)58(63-56)52(40-35-27-20-28-36-40)60-48(16-8)47(15-7)59(64-60)51(39-33-25-19-26-34-39)57-44(12-4)43(11-3)55(62-57)49(53(41)61-54)37-29-21-17-22-30-37/h17-36,61-64H,9-16H2,1-8H3/b53-49-,54-50-,55-49?,56-50?,57-51?,58-52?,59-51-,60-52-. The highest BCUT2D eigenvalue weighted by Gasteiger charge is 2.29. The minimum atomic E-state index is 0.901. The molecule has 1 aliphatic rings. The highest BCUT2D eigenvalue weighted by molar-refractivity contribution is 5.89. The summed E-state index contributed by atoms with van der Waals surface area (Å²) in [6.07, 6.45) is 7.20. The lowest BCUT2D eigenvalue weighted by Crippen LogP contribution is -2.21. The molecule has 4 heteroatoms. The summed E-state index contributed by atoms with van der Waals surface area (Å²) in [5.41, 5.74) is 25.6. The van der Waals surface area contributed by atoms with Crippen molar-refractivity contribution in [3.8, 4) is 0 Å². The van der Waals surface area contributed by atoms with Crippen molar-refractivity contribution in [1.29, 1.82) is 0 Å². The summed E-state index contributed by atoms with van der Waals surface area (Å²) in [7, 11) is 0. The first-order valence-electron chi connectivity index (χ1n) is 24.1. The maximum absolute atomic E-state index is 4.30. The molecule has 8 bridgehead atoms. The molecule has 64 heavy (non-hydrogen) atoms. The predicted octanol–water partition coefficient (Wildman–Crippen LogP) is 10.8. The van der Waals surface area contributed by atoms with Gasteiger partial charge in [-0.25, -0.2) is 0 Å². The van der Waals surface area contributed by atoms with Crippen LogP contribution in [0.1, 0.15) is 145 Å². The van der Waals surface area contributed by atoms with E-state index in [1.807, 2.05) is 0 Å². The van der Waals surface area contributed by atoms with Crippen molar-refractivity contribution in [2.24, 2.45) is 0 Å². The van der Waals surface area contributed by atoms with Crippen molar-refractivity contribution in [2.75, 3.05) is 0 Å². The first-order valence-corrected chi connectivity index (χ1v) is 24.1. The van der Waals surface area contributed by atoms with E-state index in [0.29, 0.717) is 0 Å². The van der Waals surface area contributed by atoms with Crippen LogP contribution < -0.4 is 21.4 Å². The molecular weight excluding hydrogens is 777 g/mol. The van der Waals surface area contributed by atoms with Crippen LogP contribution in [-0.4, -0.2) is 19.9 Å². The summed E-state index contributed by atoms with van der Waals surface area (Å²) in [4.78, 5) is 17.2.